The van der Waals surface area contributed by atoms with Gasteiger partial charge in [0.1, 0.15) is 28.9 Å². The molecule has 0 amide bonds. The van der Waals surface area contributed by atoms with Crippen LogP contribution in [-0.4, -0.2) is 18.7 Å². The van der Waals surface area contributed by atoms with Gasteiger partial charge in [0.05, 0.1) is 5.39 Å². The highest BCUT2D eigenvalue weighted by atomic mass is 79.9. The Balaban J connectivity index is 0.932. The van der Waals surface area contributed by atoms with E-state index in [0.29, 0.717) is 33.6 Å². The third-order valence-electron chi connectivity index (χ3n) is 14.1. The molecule has 3 saturated carbocycles. The topological polar surface area (TPSA) is 75.0 Å². The third-order valence-corrected chi connectivity index (χ3v) is 14.6. The van der Waals surface area contributed by atoms with Crippen LogP contribution in [-0.2, 0) is 9.53 Å². The van der Waals surface area contributed by atoms with Gasteiger partial charge in [0.15, 0.2) is 6.61 Å². The van der Waals surface area contributed by atoms with Gasteiger partial charge in [0, 0.05) is 17.0 Å². The van der Waals surface area contributed by atoms with E-state index in [1.807, 2.05) is 12.1 Å². The van der Waals surface area contributed by atoms with E-state index in [0.717, 1.165) is 59.2 Å². The first-order valence-corrected chi connectivity index (χ1v) is 21.1. The number of carbonyl (C=O) groups excluding carboxylic acids is 1. The number of esters is 1. The highest BCUT2D eigenvalue weighted by Crippen LogP contribution is 2.65. The lowest BCUT2D eigenvalue weighted by molar-refractivity contribution is -0.154. The molecule has 2 aromatic carbocycles. The van der Waals surface area contributed by atoms with Crippen molar-refractivity contribution >= 4 is 32.9 Å². The molecule has 3 fully saturated rings. The number of allylic oxidation sites excluding steroid dienone is 1. The molecule has 0 bridgehead atoms. The second kappa shape index (κ2) is 15.6. The largest absolute Gasteiger partial charge is 0.482 e. The van der Waals surface area contributed by atoms with Crippen molar-refractivity contribution in [1.29, 1.82) is 0 Å². The minimum absolute atomic E-state index is 0.120. The van der Waals surface area contributed by atoms with E-state index < -0.39 is 0 Å². The van der Waals surface area contributed by atoms with Crippen molar-refractivity contribution < 1.29 is 23.4 Å². The van der Waals surface area contributed by atoms with Gasteiger partial charge in [-0.1, -0.05) is 81.5 Å². The summed E-state index contributed by atoms with van der Waals surface area (Å²) < 4.78 is 24.6. The summed E-state index contributed by atoms with van der Waals surface area (Å²) in [5.41, 5.74) is 2.32. The molecule has 0 unspecified atom stereocenters. The molecule has 1 heterocycles. The summed E-state index contributed by atoms with van der Waals surface area (Å²) >= 11 is 3.41. The molecule has 7 heteroatoms. The van der Waals surface area contributed by atoms with Crippen LogP contribution in [0.5, 0.6) is 17.2 Å². The number of rotatable bonds is 11. The summed E-state index contributed by atoms with van der Waals surface area (Å²) in [6.45, 7) is 13.9. The van der Waals surface area contributed by atoms with E-state index in [1.54, 1.807) is 37.3 Å². The summed E-state index contributed by atoms with van der Waals surface area (Å²) in [6, 6.07) is 12.2. The fraction of sp³-hybridized carbons (Fsp3) is 0.609. The second-order valence-corrected chi connectivity index (χ2v) is 18.9. The number of fused-ring (bicyclic) bond motifs is 6. The van der Waals surface area contributed by atoms with Crippen molar-refractivity contribution in [3.63, 3.8) is 0 Å². The molecule has 0 spiro atoms. The zero-order chi connectivity index (χ0) is 37.5. The molecule has 8 atom stereocenters. The van der Waals surface area contributed by atoms with E-state index in [1.165, 1.54) is 63.4 Å². The van der Waals surface area contributed by atoms with E-state index in [-0.39, 0.29) is 35.3 Å². The summed E-state index contributed by atoms with van der Waals surface area (Å²) in [7, 11) is 0. The van der Waals surface area contributed by atoms with Crippen LogP contribution >= 0.6 is 15.9 Å². The highest BCUT2D eigenvalue weighted by Gasteiger charge is 2.56. The fourth-order valence-electron chi connectivity index (χ4n) is 11.1. The van der Waals surface area contributed by atoms with Gasteiger partial charge in [-0.2, -0.15) is 0 Å². The van der Waals surface area contributed by atoms with E-state index >= 15 is 0 Å². The van der Waals surface area contributed by atoms with E-state index in [4.69, 9.17) is 18.6 Å². The number of halogens is 1. The first-order chi connectivity index (χ1) is 25.3. The van der Waals surface area contributed by atoms with Gasteiger partial charge >= 0.3 is 5.97 Å². The standard InChI is InChI=1S/C46H59BrO6/c1-28(2)8-7-9-29(3)31-10-19-39-37-17-11-32-24-36(20-23-46(32,6)40(37)21-22-45(39,5)26-31)52-42(48)27-50-35-16-18-38-41(25-35)51-30(4)44(43(38)49)53-34-14-12-33(47)13-15-34/h11-16,18,25,28-29,31,36-37,39-40H,7-10,17,19-24,26-27H2,1-6H3/t29-,31-,36+,37+,39-,40-,45+,46-/m0/s1. The smallest absolute Gasteiger partial charge is 0.344 e. The zero-order valence-corrected chi connectivity index (χ0v) is 34.3. The maximum absolute atomic E-state index is 13.3. The molecule has 1 aromatic heterocycles. The maximum atomic E-state index is 13.3. The van der Waals surface area contributed by atoms with Crippen LogP contribution < -0.4 is 14.9 Å². The summed E-state index contributed by atoms with van der Waals surface area (Å²) in [4.78, 5) is 26.3. The lowest BCUT2D eigenvalue weighted by atomic mass is 9.44. The van der Waals surface area contributed by atoms with Crippen molar-refractivity contribution in [2.75, 3.05) is 6.61 Å². The minimum atomic E-state index is -0.368. The van der Waals surface area contributed by atoms with Crippen molar-refractivity contribution in [2.24, 2.45) is 46.3 Å². The number of aryl methyl sites for hydroxylation is 1. The molecule has 53 heavy (non-hydrogen) atoms. The summed E-state index contributed by atoms with van der Waals surface area (Å²) in [6.07, 6.45) is 17.5. The van der Waals surface area contributed by atoms with Crippen LogP contribution in [0.25, 0.3) is 11.0 Å². The Kier molecular flexibility index (Phi) is 11.2. The Labute approximate surface area is 324 Å². The van der Waals surface area contributed by atoms with Crippen molar-refractivity contribution in [3.05, 3.63) is 74.6 Å². The molecule has 4 aliphatic carbocycles. The Hall–Kier alpha value is -3.06. The Morgan fingerprint density at radius 2 is 1.74 bits per heavy atom. The average Bonchev–Trinajstić information content (AvgIpc) is 3.12. The first-order valence-electron chi connectivity index (χ1n) is 20.4. The number of benzene rings is 2. The Morgan fingerprint density at radius 3 is 2.51 bits per heavy atom. The van der Waals surface area contributed by atoms with Gasteiger partial charge in [0.25, 0.3) is 0 Å². The molecular weight excluding hydrogens is 728 g/mol. The van der Waals surface area contributed by atoms with Gasteiger partial charge < -0.3 is 18.6 Å². The third kappa shape index (κ3) is 8.02. The molecule has 6 nitrogen and oxygen atoms in total. The fourth-order valence-corrected chi connectivity index (χ4v) is 11.3. The summed E-state index contributed by atoms with van der Waals surface area (Å²) in [5, 5.41) is 0.378. The van der Waals surface area contributed by atoms with Crippen molar-refractivity contribution in [3.8, 4) is 17.2 Å². The number of hydrogen-bond acceptors (Lipinski definition) is 6. The highest BCUT2D eigenvalue weighted by molar-refractivity contribution is 9.10. The molecular formula is C46H59BrO6. The van der Waals surface area contributed by atoms with Crippen LogP contribution in [0.15, 0.2) is 67.8 Å². The SMILES string of the molecule is Cc1oc2cc(OCC(=O)O[C@@H]3CC[C@@]4(C)C(=CC[C@@H]5[C@@H]6CC[C@H]([C@@H](C)CCCC(C)C)C[C@@]6(C)CC[C@@H]54)C3)ccc2c(=O)c1Oc1ccc(Br)cc1. The molecule has 4 aliphatic rings. The van der Waals surface area contributed by atoms with Gasteiger partial charge in [-0.3, -0.25) is 4.79 Å². The van der Waals surface area contributed by atoms with Gasteiger partial charge in [-0.15, -0.1) is 0 Å². The Morgan fingerprint density at radius 1 is 0.962 bits per heavy atom. The van der Waals surface area contributed by atoms with Crippen LogP contribution in [0.4, 0.5) is 0 Å². The van der Waals surface area contributed by atoms with Gasteiger partial charge in [-0.25, -0.2) is 4.79 Å². The quantitative estimate of drug-likeness (QED) is 0.142. The molecule has 286 valence electrons. The van der Waals surface area contributed by atoms with Gasteiger partial charge in [0.2, 0.25) is 11.2 Å². The van der Waals surface area contributed by atoms with Crippen LogP contribution in [0.3, 0.4) is 0 Å². The summed E-state index contributed by atoms with van der Waals surface area (Å²) in [5.74, 6) is 6.03. The Bertz CT molecular complexity index is 1880. The first kappa shape index (κ1) is 38.2. The van der Waals surface area contributed by atoms with Gasteiger partial charge in [-0.05, 0) is 141 Å². The molecule has 3 aromatic rings. The maximum Gasteiger partial charge on any atom is 0.344 e. The van der Waals surface area contributed by atoms with E-state index in [2.05, 4.69) is 56.6 Å². The molecule has 0 radical (unpaired) electrons. The second-order valence-electron chi connectivity index (χ2n) is 18.0. The van der Waals surface area contributed by atoms with Crippen LogP contribution in [0, 0.1) is 53.3 Å². The minimum Gasteiger partial charge on any atom is -0.482 e. The zero-order valence-electron chi connectivity index (χ0n) is 32.7. The predicted octanol–water partition coefficient (Wildman–Crippen LogP) is 12.4. The molecule has 0 aliphatic heterocycles. The average molecular weight is 788 g/mol. The monoisotopic (exact) mass is 786 g/mol. The number of ether oxygens (including phenoxy) is 3. The molecule has 7 rings (SSSR count). The van der Waals surface area contributed by atoms with Crippen LogP contribution in [0.2, 0.25) is 0 Å². The lowest BCUT2D eigenvalue weighted by Gasteiger charge is -2.61. The number of carbonyl (C=O) groups is 1. The molecule has 0 N–H and O–H groups in total. The van der Waals surface area contributed by atoms with E-state index in [9.17, 15) is 9.59 Å². The lowest BCUT2D eigenvalue weighted by Crippen LogP contribution is -2.52. The normalized spacial score (nSPS) is 30.1. The van der Waals surface area contributed by atoms with Crippen LogP contribution in [0.1, 0.15) is 117 Å². The molecule has 0 saturated heterocycles. The van der Waals surface area contributed by atoms with Crippen molar-refractivity contribution in [1.82, 2.24) is 0 Å². The van der Waals surface area contributed by atoms with Crippen molar-refractivity contribution in [2.45, 2.75) is 125 Å². The predicted molar refractivity (Wildman–Crippen MR) is 214 cm³/mol. The number of hydrogen-bond donors (Lipinski definition) is 0.